The first-order valence-corrected chi connectivity index (χ1v) is 7.54. The first-order valence-electron chi connectivity index (χ1n) is 7.54. The fourth-order valence-corrected chi connectivity index (χ4v) is 2.56. The van der Waals surface area contributed by atoms with Crippen molar-refractivity contribution in [3.63, 3.8) is 0 Å². The van der Waals surface area contributed by atoms with Crippen LogP contribution in [0.5, 0.6) is 5.75 Å². The van der Waals surface area contributed by atoms with Crippen molar-refractivity contribution < 1.29 is 23.4 Å². The zero-order valence-electron chi connectivity index (χ0n) is 13.5. The van der Waals surface area contributed by atoms with Crippen LogP contribution in [0.2, 0.25) is 0 Å². The number of ether oxygens (including phenoxy) is 1. The average molecular weight is 335 g/mol. The van der Waals surface area contributed by atoms with Crippen LogP contribution in [0.15, 0.2) is 30.3 Å². The number of benzene rings is 2. The van der Waals surface area contributed by atoms with Gasteiger partial charge in [-0.2, -0.15) is 0 Å². The van der Waals surface area contributed by atoms with Gasteiger partial charge >= 0.3 is 5.97 Å². The summed E-state index contributed by atoms with van der Waals surface area (Å²) in [5.74, 6) is -2.84. The maximum atomic E-state index is 14.1. The predicted octanol–water partition coefficient (Wildman–Crippen LogP) is 3.60. The summed E-state index contributed by atoms with van der Waals surface area (Å²) >= 11 is 0. The topological polar surface area (TPSA) is 72.5 Å². The molecule has 0 saturated heterocycles. The molecule has 0 saturated carbocycles. The van der Waals surface area contributed by atoms with Crippen LogP contribution in [-0.2, 0) is 9.53 Å². The van der Waals surface area contributed by atoms with Gasteiger partial charge in [0.05, 0.1) is 13.0 Å². The van der Waals surface area contributed by atoms with E-state index < -0.39 is 23.6 Å². The number of phenols is 1. The van der Waals surface area contributed by atoms with Crippen LogP contribution in [0.4, 0.5) is 8.78 Å². The highest BCUT2D eigenvalue weighted by Gasteiger charge is 2.21. The molecule has 0 fully saturated rings. The smallest absolute Gasteiger partial charge is 0.307 e. The Bertz CT molecular complexity index is 742. The first-order chi connectivity index (χ1) is 11.3. The van der Waals surface area contributed by atoms with Crippen LogP contribution < -0.4 is 5.73 Å². The lowest BCUT2D eigenvalue weighted by molar-refractivity contribution is -0.143. The molecule has 0 unspecified atom stereocenters. The van der Waals surface area contributed by atoms with Gasteiger partial charge < -0.3 is 15.6 Å². The number of phenolic OH excluding ortho intramolecular Hbond substituents is 1. The molecule has 0 aliphatic heterocycles. The van der Waals surface area contributed by atoms with Crippen molar-refractivity contribution in [1.29, 1.82) is 0 Å². The number of hydrogen-bond donors (Lipinski definition) is 2. The van der Waals surface area contributed by atoms with E-state index in [4.69, 9.17) is 10.5 Å². The van der Waals surface area contributed by atoms with Crippen LogP contribution in [0.1, 0.15) is 30.5 Å². The summed E-state index contributed by atoms with van der Waals surface area (Å²) in [6.45, 7) is 3.57. The van der Waals surface area contributed by atoms with Crippen molar-refractivity contribution in [2.24, 2.45) is 5.73 Å². The molecule has 24 heavy (non-hydrogen) atoms. The zero-order valence-corrected chi connectivity index (χ0v) is 13.5. The van der Waals surface area contributed by atoms with Crippen molar-refractivity contribution in [2.75, 3.05) is 6.61 Å². The van der Waals surface area contributed by atoms with Gasteiger partial charge in [-0.3, -0.25) is 4.79 Å². The number of aromatic hydroxyl groups is 1. The Hall–Kier alpha value is -2.47. The van der Waals surface area contributed by atoms with E-state index in [1.165, 1.54) is 12.1 Å². The number of nitrogens with two attached hydrogens (primary N) is 1. The van der Waals surface area contributed by atoms with Gasteiger partial charge in [0.15, 0.2) is 11.6 Å². The molecule has 3 N–H and O–H groups in total. The minimum absolute atomic E-state index is 0.0501. The molecule has 0 aliphatic carbocycles. The van der Waals surface area contributed by atoms with Crippen LogP contribution in [-0.4, -0.2) is 17.7 Å². The lowest BCUT2D eigenvalue weighted by atomic mass is 9.94. The number of esters is 1. The number of carbonyl (C=O) groups is 1. The van der Waals surface area contributed by atoms with E-state index in [-0.39, 0.29) is 24.3 Å². The van der Waals surface area contributed by atoms with Crippen molar-refractivity contribution >= 4 is 5.97 Å². The Balaban J connectivity index is 2.47. The van der Waals surface area contributed by atoms with Crippen LogP contribution in [0.25, 0.3) is 11.1 Å². The lowest BCUT2D eigenvalue weighted by Crippen LogP contribution is -2.19. The van der Waals surface area contributed by atoms with Gasteiger partial charge in [0, 0.05) is 17.2 Å². The number of halogens is 2. The lowest BCUT2D eigenvalue weighted by Gasteiger charge is -2.16. The van der Waals surface area contributed by atoms with E-state index in [0.29, 0.717) is 16.7 Å². The molecule has 0 aromatic heterocycles. The van der Waals surface area contributed by atoms with Gasteiger partial charge in [-0.15, -0.1) is 0 Å². The summed E-state index contributed by atoms with van der Waals surface area (Å²) in [7, 11) is 0. The Kier molecular flexibility index (Phi) is 5.51. The number of aryl methyl sites for hydroxylation is 1. The second-order valence-corrected chi connectivity index (χ2v) is 5.45. The van der Waals surface area contributed by atoms with Gasteiger partial charge in [-0.25, -0.2) is 8.78 Å². The van der Waals surface area contributed by atoms with Crippen molar-refractivity contribution in [2.45, 2.75) is 26.3 Å². The second-order valence-electron chi connectivity index (χ2n) is 5.45. The summed E-state index contributed by atoms with van der Waals surface area (Å²) in [5.41, 5.74) is 7.09. The van der Waals surface area contributed by atoms with E-state index in [1.54, 1.807) is 26.0 Å². The molecule has 128 valence electrons. The standard InChI is InChI=1S/C18H19F2NO3/c1-3-24-16(23)9-14(21)12-7-11(8-13(19)18(12)20)17-10(2)5-4-6-15(17)22/h4-8,14,22H,3,9,21H2,1-2H3/t14-/m0/s1. The van der Waals surface area contributed by atoms with Crippen LogP contribution >= 0.6 is 0 Å². The highest BCUT2D eigenvalue weighted by atomic mass is 19.2. The summed E-state index contributed by atoms with van der Waals surface area (Å²) in [6.07, 6.45) is -0.270. The molecule has 4 nitrogen and oxygen atoms in total. The summed E-state index contributed by atoms with van der Waals surface area (Å²) in [5, 5.41) is 10.0. The molecule has 2 aromatic rings. The largest absolute Gasteiger partial charge is 0.507 e. The maximum absolute atomic E-state index is 14.1. The van der Waals surface area contributed by atoms with Crippen LogP contribution in [0.3, 0.4) is 0 Å². The Morgan fingerprint density at radius 1 is 1.33 bits per heavy atom. The zero-order chi connectivity index (χ0) is 17.9. The molecule has 2 aromatic carbocycles. The van der Waals surface area contributed by atoms with E-state index in [1.807, 2.05) is 0 Å². The average Bonchev–Trinajstić information content (AvgIpc) is 2.50. The van der Waals surface area contributed by atoms with E-state index in [2.05, 4.69) is 0 Å². The molecule has 0 heterocycles. The third-order valence-electron chi connectivity index (χ3n) is 3.69. The third kappa shape index (κ3) is 3.71. The van der Waals surface area contributed by atoms with E-state index in [0.717, 1.165) is 6.07 Å². The molecule has 0 spiro atoms. The minimum Gasteiger partial charge on any atom is -0.507 e. The first kappa shape index (κ1) is 17.9. The molecule has 0 bridgehead atoms. The second kappa shape index (κ2) is 7.40. The fourth-order valence-electron chi connectivity index (χ4n) is 2.56. The molecule has 0 amide bonds. The fraction of sp³-hybridized carbons (Fsp3) is 0.278. The summed E-state index contributed by atoms with van der Waals surface area (Å²) in [6, 6.07) is 6.16. The predicted molar refractivity (Wildman–Crippen MR) is 86.4 cm³/mol. The molecule has 1 atom stereocenters. The Morgan fingerprint density at radius 3 is 2.67 bits per heavy atom. The Morgan fingerprint density at radius 2 is 2.04 bits per heavy atom. The monoisotopic (exact) mass is 335 g/mol. The highest BCUT2D eigenvalue weighted by Crippen LogP contribution is 2.35. The van der Waals surface area contributed by atoms with Crippen molar-refractivity contribution in [1.82, 2.24) is 0 Å². The number of rotatable bonds is 5. The SMILES string of the molecule is CCOC(=O)C[C@H](N)c1cc(-c2c(C)cccc2O)cc(F)c1F. The van der Waals surface area contributed by atoms with Crippen molar-refractivity contribution in [3.8, 4) is 16.9 Å². The summed E-state index contributed by atoms with van der Waals surface area (Å²) in [4.78, 5) is 11.5. The maximum Gasteiger partial charge on any atom is 0.307 e. The Labute approximate surface area is 138 Å². The molecular weight excluding hydrogens is 316 g/mol. The molecule has 6 heteroatoms. The van der Waals surface area contributed by atoms with Gasteiger partial charge in [-0.1, -0.05) is 12.1 Å². The van der Waals surface area contributed by atoms with E-state index in [9.17, 15) is 18.7 Å². The minimum atomic E-state index is -1.11. The number of hydrogen-bond acceptors (Lipinski definition) is 4. The molecule has 0 aliphatic rings. The van der Waals surface area contributed by atoms with Crippen molar-refractivity contribution in [3.05, 3.63) is 53.1 Å². The normalized spacial score (nSPS) is 12.0. The summed E-state index contributed by atoms with van der Waals surface area (Å²) < 4.78 is 32.9. The highest BCUT2D eigenvalue weighted by molar-refractivity contribution is 5.75. The van der Waals surface area contributed by atoms with Gasteiger partial charge in [-0.05, 0) is 43.2 Å². The van der Waals surface area contributed by atoms with E-state index >= 15 is 0 Å². The molecule has 0 radical (unpaired) electrons. The molecule has 2 rings (SSSR count). The van der Waals surface area contributed by atoms with Gasteiger partial charge in [0.1, 0.15) is 5.75 Å². The quantitative estimate of drug-likeness (QED) is 0.819. The number of carbonyl (C=O) groups excluding carboxylic acids is 1. The van der Waals surface area contributed by atoms with Gasteiger partial charge in [0.2, 0.25) is 0 Å². The molecular formula is C18H19F2NO3. The van der Waals surface area contributed by atoms with Gasteiger partial charge in [0.25, 0.3) is 0 Å². The third-order valence-corrected chi connectivity index (χ3v) is 3.69. The van der Waals surface area contributed by atoms with Crippen LogP contribution in [0, 0.1) is 18.6 Å².